The standard InChI is InChI=1S/C10H8FN3O/c11-7-3-4-8(12)9(6-7)15-10-2-1-5-13-14-10/h1-6H,12H2. The minimum atomic E-state index is -0.414. The minimum Gasteiger partial charge on any atom is -0.435 e. The molecule has 0 fully saturated rings. The largest absolute Gasteiger partial charge is 0.435 e. The summed E-state index contributed by atoms with van der Waals surface area (Å²) >= 11 is 0. The highest BCUT2D eigenvalue weighted by Crippen LogP contribution is 2.26. The van der Waals surface area contributed by atoms with Gasteiger partial charge in [0.1, 0.15) is 5.82 Å². The molecule has 1 aromatic heterocycles. The molecule has 76 valence electrons. The Hall–Kier alpha value is -2.17. The van der Waals surface area contributed by atoms with Gasteiger partial charge in [0.05, 0.1) is 5.69 Å². The van der Waals surface area contributed by atoms with Crippen LogP contribution in [-0.2, 0) is 0 Å². The van der Waals surface area contributed by atoms with Gasteiger partial charge >= 0.3 is 0 Å². The van der Waals surface area contributed by atoms with Crippen molar-refractivity contribution in [3.63, 3.8) is 0 Å². The lowest BCUT2D eigenvalue weighted by Crippen LogP contribution is -1.94. The van der Waals surface area contributed by atoms with Gasteiger partial charge in [0.25, 0.3) is 0 Å². The molecule has 0 aliphatic rings. The van der Waals surface area contributed by atoms with Gasteiger partial charge in [-0.3, -0.25) is 0 Å². The van der Waals surface area contributed by atoms with E-state index in [4.69, 9.17) is 10.5 Å². The molecule has 4 nitrogen and oxygen atoms in total. The highest BCUT2D eigenvalue weighted by atomic mass is 19.1. The average Bonchev–Trinajstić information content (AvgIpc) is 2.25. The van der Waals surface area contributed by atoms with E-state index in [1.165, 1.54) is 24.4 Å². The molecular formula is C10H8FN3O. The second-order valence-electron chi connectivity index (χ2n) is 2.85. The second-order valence-corrected chi connectivity index (χ2v) is 2.85. The van der Waals surface area contributed by atoms with Crippen molar-refractivity contribution >= 4 is 5.69 Å². The van der Waals surface area contributed by atoms with Crippen molar-refractivity contribution in [1.29, 1.82) is 0 Å². The van der Waals surface area contributed by atoms with Gasteiger partial charge in [0.2, 0.25) is 5.88 Å². The molecule has 15 heavy (non-hydrogen) atoms. The Morgan fingerprint density at radius 1 is 1.27 bits per heavy atom. The number of ether oxygens (including phenoxy) is 1. The Balaban J connectivity index is 2.28. The van der Waals surface area contributed by atoms with E-state index in [0.717, 1.165) is 0 Å². The summed E-state index contributed by atoms with van der Waals surface area (Å²) in [5.41, 5.74) is 5.95. The molecule has 2 N–H and O–H groups in total. The smallest absolute Gasteiger partial charge is 0.238 e. The molecule has 0 atom stereocenters. The van der Waals surface area contributed by atoms with Crippen molar-refractivity contribution in [3.8, 4) is 11.6 Å². The van der Waals surface area contributed by atoms with Gasteiger partial charge in [-0.05, 0) is 18.2 Å². The van der Waals surface area contributed by atoms with Crippen molar-refractivity contribution in [2.45, 2.75) is 0 Å². The molecule has 0 aliphatic heterocycles. The first kappa shape index (κ1) is 9.39. The SMILES string of the molecule is Nc1ccc(F)cc1Oc1cccnn1. The zero-order chi connectivity index (χ0) is 10.7. The monoisotopic (exact) mass is 205 g/mol. The fourth-order valence-electron chi connectivity index (χ4n) is 1.05. The number of hydrogen-bond donors (Lipinski definition) is 1. The quantitative estimate of drug-likeness (QED) is 0.761. The predicted octanol–water partition coefficient (Wildman–Crippen LogP) is 1.99. The topological polar surface area (TPSA) is 61.0 Å². The molecule has 2 aromatic rings. The van der Waals surface area contributed by atoms with Gasteiger partial charge < -0.3 is 10.5 Å². The van der Waals surface area contributed by atoms with Gasteiger partial charge in [-0.25, -0.2) is 4.39 Å². The van der Waals surface area contributed by atoms with Crippen LogP contribution in [-0.4, -0.2) is 10.2 Å². The van der Waals surface area contributed by atoms with E-state index in [-0.39, 0.29) is 11.6 Å². The zero-order valence-corrected chi connectivity index (χ0v) is 7.72. The Bertz CT molecular complexity index is 461. The number of hydrogen-bond acceptors (Lipinski definition) is 4. The first-order valence-electron chi connectivity index (χ1n) is 4.26. The molecule has 0 bridgehead atoms. The molecule has 2 rings (SSSR count). The van der Waals surface area contributed by atoms with Crippen molar-refractivity contribution in [1.82, 2.24) is 10.2 Å². The average molecular weight is 205 g/mol. The number of aromatic nitrogens is 2. The predicted molar refractivity (Wildman–Crippen MR) is 52.9 cm³/mol. The van der Waals surface area contributed by atoms with Crippen LogP contribution in [0.2, 0.25) is 0 Å². The van der Waals surface area contributed by atoms with Crippen LogP contribution in [0, 0.1) is 5.82 Å². The van der Waals surface area contributed by atoms with Crippen LogP contribution >= 0.6 is 0 Å². The maximum Gasteiger partial charge on any atom is 0.238 e. The molecule has 0 radical (unpaired) electrons. The van der Waals surface area contributed by atoms with Crippen molar-refractivity contribution in [3.05, 3.63) is 42.3 Å². The van der Waals surface area contributed by atoms with E-state index in [1.807, 2.05) is 0 Å². The van der Waals surface area contributed by atoms with Crippen LogP contribution in [0.1, 0.15) is 0 Å². The van der Waals surface area contributed by atoms with Crippen LogP contribution < -0.4 is 10.5 Å². The van der Waals surface area contributed by atoms with Gasteiger partial charge in [0, 0.05) is 18.3 Å². The summed E-state index contributed by atoms with van der Waals surface area (Å²) in [7, 11) is 0. The number of rotatable bonds is 2. The molecule has 0 unspecified atom stereocenters. The summed E-state index contributed by atoms with van der Waals surface area (Å²) in [6.45, 7) is 0. The van der Waals surface area contributed by atoms with Crippen LogP contribution in [0.5, 0.6) is 11.6 Å². The van der Waals surface area contributed by atoms with Gasteiger partial charge in [0.15, 0.2) is 5.75 Å². The van der Waals surface area contributed by atoms with E-state index >= 15 is 0 Å². The molecule has 1 heterocycles. The van der Waals surface area contributed by atoms with E-state index in [2.05, 4.69) is 10.2 Å². The maximum atomic E-state index is 12.9. The lowest BCUT2D eigenvalue weighted by Gasteiger charge is -2.06. The van der Waals surface area contributed by atoms with Gasteiger partial charge in [-0.15, -0.1) is 5.10 Å². The van der Waals surface area contributed by atoms with E-state index in [9.17, 15) is 4.39 Å². The van der Waals surface area contributed by atoms with Crippen LogP contribution in [0.25, 0.3) is 0 Å². The van der Waals surface area contributed by atoms with E-state index in [0.29, 0.717) is 5.69 Å². The number of benzene rings is 1. The van der Waals surface area contributed by atoms with Crippen molar-refractivity contribution < 1.29 is 9.13 Å². The molecule has 0 aliphatic carbocycles. The molecule has 5 heteroatoms. The second kappa shape index (κ2) is 3.91. The Morgan fingerprint density at radius 2 is 2.13 bits per heavy atom. The van der Waals surface area contributed by atoms with Crippen LogP contribution in [0.3, 0.4) is 0 Å². The molecule has 0 amide bonds. The Morgan fingerprint density at radius 3 is 2.87 bits per heavy atom. The fourth-order valence-corrected chi connectivity index (χ4v) is 1.05. The fraction of sp³-hybridized carbons (Fsp3) is 0. The first-order chi connectivity index (χ1) is 7.25. The number of nitrogens with two attached hydrogens (primary N) is 1. The molecule has 0 saturated heterocycles. The number of nitrogens with zero attached hydrogens (tertiary/aromatic N) is 2. The van der Waals surface area contributed by atoms with E-state index < -0.39 is 5.82 Å². The number of halogens is 1. The van der Waals surface area contributed by atoms with Crippen molar-refractivity contribution in [2.24, 2.45) is 0 Å². The van der Waals surface area contributed by atoms with Gasteiger partial charge in [-0.1, -0.05) is 0 Å². The minimum absolute atomic E-state index is 0.232. The van der Waals surface area contributed by atoms with Gasteiger partial charge in [-0.2, -0.15) is 5.10 Å². The summed E-state index contributed by atoms with van der Waals surface area (Å²) in [4.78, 5) is 0. The summed E-state index contributed by atoms with van der Waals surface area (Å²) in [5.74, 6) is 0.0911. The van der Waals surface area contributed by atoms with Crippen LogP contribution in [0.15, 0.2) is 36.5 Å². The number of nitrogen functional groups attached to an aromatic ring is 1. The normalized spacial score (nSPS) is 9.93. The first-order valence-corrected chi connectivity index (χ1v) is 4.26. The molecular weight excluding hydrogens is 197 g/mol. The summed E-state index contributed by atoms with van der Waals surface area (Å²) in [6, 6.07) is 7.17. The molecule has 1 aromatic carbocycles. The highest BCUT2D eigenvalue weighted by molar-refractivity contribution is 5.53. The van der Waals surface area contributed by atoms with Crippen molar-refractivity contribution in [2.75, 3.05) is 5.73 Å². The third kappa shape index (κ3) is 2.19. The summed E-state index contributed by atoms with van der Waals surface area (Å²) in [5, 5.41) is 7.32. The molecule has 0 saturated carbocycles. The van der Waals surface area contributed by atoms with E-state index in [1.54, 1.807) is 12.1 Å². The lowest BCUT2D eigenvalue weighted by molar-refractivity contribution is 0.453. The molecule has 0 spiro atoms. The third-order valence-corrected chi connectivity index (χ3v) is 1.74. The third-order valence-electron chi connectivity index (χ3n) is 1.74. The van der Waals surface area contributed by atoms with Crippen LogP contribution in [0.4, 0.5) is 10.1 Å². The Labute approximate surface area is 85.5 Å². The summed E-state index contributed by atoms with van der Waals surface area (Å²) in [6.07, 6.45) is 1.52. The maximum absolute atomic E-state index is 12.9. The summed E-state index contributed by atoms with van der Waals surface area (Å²) < 4.78 is 18.1. The number of anilines is 1. The Kier molecular flexibility index (Phi) is 2.45. The highest BCUT2D eigenvalue weighted by Gasteiger charge is 2.04. The zero-order valence-electron chi connectivity index (χ0n) is 7.72. The lowest BCUT2D eigenvalue weighted by atomic mass is 10.3.